The number of aromatic carboxylic acids is 1. The third kappa shape index (κ3) is 3.24. The fourth-order valence-corrected chi connectivity index (χ4v) is 1.88. The summed E-state index contributed by atoms with van der Waals surface area (Å²) in [5.41, 5.74) is -0.291. The largest absolute Gasteiger partial charge is 0.478 e. The molecule has 1 aromatic carbocycles. The highest BCUT2D eigenvalue weighted by molar-refractivity contribution is 5.93. The maximum atomic E-state index is 13.6. The molecule has 2 rings (SSSR count). The fraction of sp³-hybridized carbons (Fsp3) is 0.385. The Morgan fingerprint density at radius 2 is 2.10 bits per heavy atom. The second-order valence-electron chi connectivity index (χ2n) is 4.58. The number of carboxylic acid groups (broad SMARTS) is 1. The number of anilines is 1. The molecule has 0 aromatic heterocycles. The molecule has 0 aliphatic heterocycles. The third-order valence-electron chi connectivity index (χ3n) is 3.04. The topological polar surface area (TPSA) is 89.9 Å². The van der Waals surface area contributed by atoms with Crippen LogP contribution in [-0.2, 0) is 0 Å². The van der Waals surface area contributed by atoms with Crippen molar-refractivity contribution in [3.05, 3.63) is 29.6 Å². The lowest BCUT2D eigenvalue weighted by atomic mass is 10.2. The summed E-state index contributed by atoms with van der Waals surface area (Å²) in [4.78, 5) is 24.3. The van der Waals surface area contributed by atoms with Gasteiger partial charge < -0.3 is 20.4 Å². The molecule has 0 atom stereocenters. The van der Waals surface area contributed by atoms with E-state index in [4.69, 9.17) is 10.2 Å². The van der Waals surface area contributed by atoms with Crippen LogP contribution in [0.1, 0.15) is 23.2 Å². The quantitative estimate of drug-likeness (QED) is 0.763. The monoisotopic (exact) mass is 282 g/mol. The van der Waals surface area contributed by atoms with Crippen LogP contribution in [0.25, 0.3) is 0 Å². The van der Waals surface area contributed by atoms with Crippen LogP contribution in [0.3, 0.4) is 0 Å². The van der Waals surface area contributed by atoms with Crippen LogP contribution in [-0.4, -0.2) is 46.3 Å². The van der Waals surface area contributed by atoms with Gasteiger partial charge in [0.15, 0.2) is 0 Å². The number of carboxylic acids is 1. The molecule has 0 bridgehead atoms. The van der Waals surface area contributed by atoms with Crippen LogP contribution in [0.4, 0.5) is 14.9 Å². The van der Waals surface area contributed by atoms with Crippen LogP contribution < -0.4 is 5.32 Å². The highest BCUT2D eigenvalue weighted by atomic mass is 19.1. The first-order valence-electron chi connectivity index (χ1n) is 6.24. The Morgan fingerprint density at radius 1 is 1.40 bits per heavy atom. The van der Waals surface area contributed by atoms with E-state index < -0.39 is 17.8 Å². The van der Waals surface area contributed by atoms with Gasteiger partial charge in [-0.1, -0.05) is 0 Å². The standard InChI is InChI=1S/C13H15FN2O4/c14-10-4-1-8(12(18)19)7-11(10)15-13(20)16(5-6-17)9-2-3-9/h1,4,7,9,17H,2-3,5-6H2,(H,15,20)(H,18,19). The molecule has 1 aliphatic rings. The van der Waals surface area contributed by atoms with Gasteiger partial charge in [0.05, 0.1) is 17.9 Å². The van der Waals surface area contributed by atoms with Crippen LogP contribution in [0, 0.1) is 5.82 Å². The average molecular weight is 282 g/mol. The van der Waals surface area contributed by atoms with E-state index in [1.54, 1.807) is 0 Å². The molecular weight excluding hydrogens is 267 g/mol. The molecule has 6 nitrogen and oxygen atoms in total. The molecule has 20 heavy (non-hydrogen) atoms. The minimum atomic E-state index is -1.20. The summed E-state index contributed by atoms with van der Waals surface area (Å²) in [6.07, 6.45) is 1.70. The number of amides is 2. The van der Waals surface area contributed by atoms with Crippen molar-refractivity contribution in [2.24, 2.45) is 0 Å². The summed E-state index contributed by atoms with van der Waals surface area (Å²) in [6, 6.07) is 2.71. The van der Waals surface area contributed by atoms with Crippen LogP contribution >= 0.6 is 0 Å². The molecule has 3 N–H and O–H groups in total. The van der Waals surface area contributed by atoms with Crippen molar-refractivity contribution in [1.82, 2.24) is 4.90 Å². The number of carbonyl (C=O) groups excluding carboxylic acids is 1. The predicted molar refractivity (Wildman–Crippen MR) is 69.2 cm³/mol. The molecule has 2 amide bonds. The van der Waals surface area contributed by atoms with Gasteiger partial charge in [-0.15, -0.1) is 0 Å². The Morgan fingerprint density at radius 3 is 2.65 bits per heavy atom. The van der Waals surface area contributed by atoms with Gasteiger partial charge in [-0.2, -0.15) is 0 Å². The summed E-state index contributed by atoms with van der Waals surface area (Å²) < 4.78 is 13.6. The first-order chi connectivity index (χ1) is 9.52. The van der Waals surface area contributed by atoms with Gasteiger partial charge in [0.2, 0.25) is 0 Å². The van der Waals surface area contributed by atoms with E-state index in [1.807, 2.05) is 0 Å². The summed E-state index contributed by atoms with van der Waals surface area (Å²) in [6.45, 7) is -0.0156. The minimum Gasteiger partial charge on any atom is -0.478 e. The van der Waals surface area contributed by atoms with Crippen molar-refractivity contribution in [1.29, 1.82) is 0 Å². The molecule has 1 saturated carbocycles. The molecule has 0 heterocycles. The van der Waals surface area contributed by atoms with Gasteiger partial charge in [0.25, 0.3) is 0 Å². The van der Waals surface area contributed by atoms with Gasteiger partial charge in [0, 0.05) is 12.6 Å². The van der Waals surface area contributed by atoms with Gasteiger partial charge in [-0.25, -0.2) is 14.0 Å². The molecule has 1 aromatic rings. The van der Waals surface area contributed by atoms with Crippen molar-refractivity contribution >= 4 is 17.7 Å². The fourth-order valence-electron chi connectivity index (χ4n) is 1.88. The lowest BCUT2D eigenvalue weighted by Gasteiger charge is -2.22. The first kappa shape index (κ1) is 14.3. The van der Waals surface area contributed by atoms with Crippen LogP contribution in [0.15, 0.2) is 18.2 Å². The van der Waals surface area contributed by atoms with E-state index in [1.165, 1.54) is 4.90 Å². The second-order valence-corrected chi connectivity index (χ2v) is 4.58. The highest BCUT2D eigenvalue weighted by Crippen LogP contribution is 2.27. The normalized spacial score (nSPS) is 13.9. The summed E-state index contributed by atoms with van der Waals surface area (Å²) in [5.74, 6) is -1.90. The molecule has 108 valence electrons. The number of urea groups is 1. The summed E-state index contributed by atoms with van der Waals surface area (Å²) >= 11 is 0. The number of nitrogens with zero attached hydrogens (tertiary/aromatic N) is 1. The molecule has 7 heteroatoms. The number of carbonyl (C=O) groups is 2. The van der Waals surface area contributed by atoms with E-state index in [0.29, 0.717) is 0 Å². The number of nitrogens with one attached hydrogen (secondary N) is 1. The SMILES string of the molecule is O=C(O)c1ccc(F)c(NC(=O)N(CCO)C2CC2)c1. The maximum absolute atomic E-state index is 13.6. The molecule has 0 saturated heterocycles. The molecule has 1 aliphatic carbocycles. The number of rotatable bonds is 5. The first-order valence-corrected chi connectivity index (χ1v) is 6.24. The van der Waals surface area contributed by atoms with Crippen molar-refractivity contribution in [3.63, 3.8) is 0 Å². The molecule has 1 fully saturated rings. The summed E-state index contributed by atoms with van der Waals surface area (Å²) in [7, 11) is 0. The van der Waals surface area contributed by atoms with Gasteiger partial charge in [0.1, 0.15) is 5.82 Å². The van der Waals surface area contributed by atoms with Crippen molar-refractivity contribution in [2.45, 2.75) is 18.9 Å². The lowest BCUT2D eigenvalue weighted by molar-refractivity contribution is 0.0697. The Labute approximate surface area is 114 Å². The number of aliphatic hydroxyl groups is 1. The van der Waals surface area contributed by atoms with Crippen molar-refractivity contribution in [3.8, 4) is 0 Å². The smallest absolute Gasteiger partial charge is 0.335 e. The van der Waals surface area contributed by atoms with Crippen LogP contribution in [0.2, 0.25) is 0 Å². The van der Waals surface area contributed by atoms with E-state index in [9.17, 15) is 14.0 Å². The van der Waals surface area contributed by atoms with Gasteiger partial charge in [-0.3, -0.25) is 0 Å². The Kier molecular flexibility index (Phi) is 4.19. The van der Waals surface area contributed by atoms with E-state index >= 15 is 0 Å². The van der Waals surface area contributed by atoms with Gasteiger partial charge in [-0.05, 0) is 31.0 Å². The number of benzene rings is 1. The average Bonchev–Trinajstić information content (AvgIpc) is 3.22. The van der Waals surface area contributed by atoms with Crippen LogP contribution in [0.5, 0.6) is 0 Å². The molecule has 0 spiro atoms. The second kappa shape index (κ2) is 5.87. The zero-order valence-electron chi connectivity index (χ0n) is 10.7. The summed E-state index contributed by atoms with van der Waals surface area (Å²) in [5, 5.41) is 20.1. The van der Waals surface area contributed by atoms with Crippen molar-refractivity contribution in [2.75, 3.05) is 18.5 Å². The predicted octanol–water partition coefficient (Wildman–Crippen LogP) is 1.51. The third-order valence-corrected chi connectivity index (χ3v) is 3.04. The van der Waals surface area contributed by atoms with E-state index in [-0.39, 0.29) is 30.4 Å². The minimum absolute atomic E-state index is 0.0628. The number of halogens is 1. The Bertz CT molecular complexity index is 531. The zero-order valence-corrected chi connectivity index (χ0v) is 10.7. The zero-order chi connectivity index (χ0) is 14.7. The Hall–Kier alpha value is -2.15. The lowest BCUT2D eigenvalue weighted by Crippen LogP contribution is -2.38. The maximum Gasteiger partial charge on any atom is 0.335 e. The number of aliphatic hydroxyl groups excluding tert-OH is 1. The van der Waals surface area contributed by atoms with E-state index in [2.05, 4.69) is 5.32 Å². The number of hydrogen-bond acceptors (Lipinski definition) is 3. The van der Waals surface area contributed by atoms with E-state index in [0.717, 1.165) is 31.0 Å². The Balaban J connectivity index is 2.13. The molecular formula is C13H15FN2O4. The molecule has 0 radical (unpaired) electrons. The molecule has 0 unspecified atom stereocenters. The highest BCUT2D eigenvalue weighted by Gasteiger charge is 2.32. The number of hydrogen-bond donors (Lipinski definition) is 3. The van der Waals surface area contributed by atoms with Gasteiger partial charge >= 0.3 is 12.0 Å². The van der Waals surface area contributed by atoms with Crippen molar-refractivity contribution < 1.29 is 24.2 Å².